The van der Waals surface area contributed by atoms with Crippen LogP contribution < -0.4 is 5.73 Å². The largest absolute Gasteiger partial charge is 0.324 e. The molecular weight excluding hydrogens is 241 g/mol. The number of carbonyl (C=O) groups is 1. The number of Topliss-reactive ketones (excluding diaryl/α,β-unsaturated/α-hetero) is 1. The van der Waals surface area contributed by atoms with Crippen LogP contribution in [0.4, 0.5) is 0 Å². The van der Waals surface area contributed by atoms with E-state index in [1.807, 2.05) is 0 Å². The first-order valence-corrected chi connectivity index (χ1v) is 4.51. The van der Waals surface area contributed by atoms with E-state index in [1.165, 1.54) is 0 Å². The van der Waals surface area contributed by atoms with Gasteiger partial charge in [-0.3, -0.25) is 4.79 Å². The number of halogens is 2. The van der Waals surface area contributed by atoms with E-state index in [1.54, 1.807) is 18.2 Å². The molecular formula is C8H7BrClNO. The first-order chi connectivity index (χ1) is 5.66. The van der Waals surface area contributed by atoms with Crippen molar-refractivity contribution in [3.63, 3.8) is 0 Å². The van der Waals surface area contributed by atoms with Gasteiger partial charge in [-0.25, -0.2) is 0 Å². The maximum atomic E-state index is 11.2. The molecule has 0 aromatic heterocycles. The molecule has 1 rings (SSSR count). The Kier molecular flexibility index (Phi) is 3.26. The normalized spacial score (nSPS) is 9.92. The van der Waals surface area contributed by atoms with Crippen LogP contribution >= 0.6 is 27.5 Å². The standard InChI is InChI=1S/C8H7BrClNO/c9-8-5(7(12)4-11)2-1-3-6(8)10/h1-3H,4,11H2. The second-order valence-corrected chi connectivity index (χ2v) is 3.43. The molecule has 12 heavy (non-hydrogen) atoms. The Morgan fingerprint density at radius 3 is 2.83 bits per heavy atom. The summed E-state index contributed by atoms with van der Waals surface area (Å²) in [7, 11) is 0. The molecule has 0 aliphatic carbocycles. The third kappa shape index (κ3) is 1.86. The SMILES string of the molecule is NCC(=O)c1cccc(Cl)c1Br. The van der Waals surface area contributed by atoms with Gasteiger partial charge in [0, 0.05) is 10.0 Å². The van der Waals surface area contributed by atoms with Crippen molar-refractivity contribution in [3.8, 4) is 0 Å². The minimum Gasteiger partial charge on any atom is -0.324 e. The molecule has 0 atom stereocenters. The van der Waals surface area contributed by atoms with Gasteiger partial charge in [0.05, 0.1) is 11.6 Å². The minimum absolute atomic E-state index is 0.00105. The highest BCUT2D eigenvalue weighted by atomic mass is 79.9. The molecule has 64 valence electrons. The molecule has 0 saturated carbocycles. The Morgan fingerprint density at radius 1 is 1.58 bits per heavy atom. The van der Waals surface area contributed by atoms with Gasteiger partial charge in [-0.1, -0.05) is 23.7 Å². The van der Waals surface area contributed by atoms with Crippen molar-refractivity contribution in [1.82, 2.24) is 0 Å². The average Bonchev–Trinajstić information content (AvgIpc) is 2.08. The summed E-state index contributed by atoms with van der Waals surface area (Å²) in [5.41, 5.74) is 5.74. The molecule has 1 aromatic rings. The molecule has 0 aliphatic rings. The fourth-order valence-electron chi connectivity index (χ4n) is 0.829. The predicted molar refractivity (Wildman–Crippen MR) is 52.5 cm³/mol. The van der Waals surface area contributed by atoms with Gasteiger partial charge in [0.25, 0.3) is 0 Å². The van der Waals surface area contributed by atoms with Crippen molar-refractivity contribution in [2.45, 2.75) is 0 Å². The Hall–Kier alpha value is -0.380. The molecule has 2 nitrogen and oxygen atoms in total. The average molecular weight is 249 g/mol. The molecule has 0 aliphatic heterocycles. The Morgan fingerprint density at radius 2 is 2.25 bits per heavy atom. The summed E-state index contributed by atoms with van der Waals surface area (Å²) in [5.74, 6) is -0.121. The summed E-state index contributed by atoms with van der Waals surface area (Å²) >= 11 is 8.99. The summed E-state index contributed by atoms with van der Waals surface area (Å²) in [6.45, 7) is -0.00105. The lowest BCUT2D eigenvalue weighted by Gasteiger charge is -2.02. The number of hydrogen-bond donors (Lipinski definition) is 1. The zero-order chi connectivity index (χ0) is 9.14. The Balaban J connectivity index is 3.16. The van der Waals surface area contributed by atoms with Crippen LogP contribution in [-0.2, 0) is 0 Å². The highest BCUT2D eigenvalue weighted by molar-refractivity contribution is 9.10. The lowest BCUT2D eigenvalue weighted by Crippen LogP contribution is -2.13. The molecule has 0 fully saturated rings. The molecule has 0 radical (unpaired) electrons. The third-order valence-electron chi connectivity index (χ3n) is 1.44. The summed E-state index contributed by atoms with van der Waals surface area (Å²) < 4.78 is 0.613. The quantitative estimate of drug-likeness (QED) is 0.816. The van der Waals surface area contributed by atoms with Gasteiger partial charge in [-0.05, 0) is 22.0 Å². The van der Waals surface area contributed by atoms with E-state index < -0.39 is 0 Å². The predicted octanol–water partition coefficient (Wildman–Crippen LogP) is 2.24. The van der Waals surface area contributed by atoms with Gasteiger partial charge >= 0.3 is 0 Å². The summed E-state index contributed by atoms with van der Waals surface area (Å²) in [4.78, 5) is 11.2. The van der Waals surface area contributed by atoms with Crippen LogP contribution in [0.5, 0.6) is 0 Å². The van der Waals surface area contributed by atoms with Gasteiger partial charge in [0.1, 0.15) is 0 Å². The molecule has 4 heteroatoms. The van der Waals surface area contributed by atoms with Gasteiger partial charge in [0.15, 0.2) is 5.78 Å². The number of hydrogen-bond acceptors (Lipinski definition) is 2. The summed E-state index contributed by atoms with van der Waals surface area (Å²) in [6.07, 6.45) is 0. The van der Waals surface area contributed by atoms with Crippen molar-refractivity contribution in [1.29, 1.82) is 0 Å². The Labute approximate surface area is 83.8 Å². The van der Waals surface area contributed by atoms with Gasteiger partial charge in [-0.2, -0.15) is 0 Å². The second-order valence-electron chi connectivity index (χ2n) is 2.23. The van der Waals surface area contributed by atoms with E-state index in [4.69, 9.17) is 17.3 Å². The topological polar surface area (TPSA) is 43.1 Å². The molecule has 1 aromatic carbocycles. The van der Waals surface area contributed by atoms with Crippen LogP contribution in [0.3, 0.4) is 0 Å². The third-order valence-corrected chi connectivity index (χ3v) is 2.83. The van der Waals surface area contributed by atoms with E-state index in [-0.39, 0.29) is 12.3 Å². The lowest BCUT2D eigenvalue weighted by atomic mass is 10.1. The molecule has 0 heterocycles. The zero-order valence-electron chi connectivity index (χ0n) is 6.18. The highest BCUT2D eigenvalue weighted by Crippen LogP contribution is 2.25. The molecule has 0 amide bonds. The number of benzene rings is 1. The number of carbonyl (C=O) groups excluding carboxylic acids is 1. The van der Waals surface area contributed by atoms with E-state index in [0.29, 0.717) is 15.1 Å². The van der Waals surface area contributed by atoms with Crippen molar-refractivity contribution in [3.05, 3.63) is 33.3 Å². The minimum atomic E-state index is -0.121. The maximum Gasteiger partial charge on any atom is 0.177 e. The van der Waals surface area contributed by atoms with Gasteiger partial charge in [-0.15, -0.1) is 0 Å². The zero-order valence-corrected chi connectivity index (χ0v) is 8.52. The lowest BCUT2D eigenvalue weighted by molar-refractivity contribution is 0.100. The van der Waals surface area contributed by atoms with Crippen molar-refractivity contribution >= 4 is 33.3 Å². The first kappa shape index (κ1) is 9.71. The monoisotopic (exact) mass is 247 g/mol. The van der Waals surface area contributed by atoms with Crippen LogP contribution in [0.2, 0.25) is 5.02 Å². The van der Waals surface area contributed by atoms with Crippen LogP contribution in [0.1, 0.15) is 10.4 Å². The smallest absolute Gasteiger partial charge is 0.177 e. The fraction of sp³-hybridized carbons (Fsp3) is 0.125. The second kappa shape index (κ2) is 4.03. The fourth-order valence-corrected chi connectivity index (χ4v) is 1.49. The summed E-state index contributed by atoms with van der Waals surface area (Å²) in [6, 6.07) is 5.11. The van der Waals surface area contributed by atoms with Crippen LogP contribution in [0.25, 0.3) is 0 Å². The Bertz CT molecular complexity index is 314. The maximum absolute atomic E-state index is 11.2. The van der Waals surface area contributed by atoms with Crippen LogP contribution in [-0.4, -0.2) is 12.3 Å². The van der Waals surface area contributed by atoms with Crippen molar-refractivity contribution in [2.24, 2.45) is 5.73 Å². The summed E-state index contributed by atoms with van der Waals surface area (Å²) in [5, 5.41) is 0.523. The van der Waals surface area contributed by atoms with E-state index in [9.17, 15) is 4.79 Å². The molecule has 0 saturated heterocycles. The molecule has 2 N–H and O–H groups in total. The van der Waals surface area contributed by atoms with Crippen LogP contribution in [0.15, 0.2) is 22.7 Å². The van der Waals surface area contributed by atoms with E-state index in [0.717, 1.165) is 0 Å². The van der Waals surface area contributed by atoms with Gasteiger partial charge < -0.3 is 5.73 Å². The number of nitrogens with two attached hydrogens (primary N) is 1. The molecule has 0 spiro atoms. The van der Waals surface area contributed by atoms with Crippen molar-refractivity contribution < 1.29 is 4.79 Å². The van der Waals surface area contributed by atoms with Gasteiger partial charge in [0.2, 0.25) is 0 Å². The number of rotatable bonds is 2. The molecule has 0 unspecified atom stereocenters. The van der Waals surface area contributed by atoms with E-state index >= 15 is 0 Å². The van der Waals surface area contributed by atoms with Crippen LogP contribution in [0, 0.1) is 0 Å². The van der Waals surface area contributed by atoms with E-state index in [2.05, 4.69) is 15.9 Å². The van der Waals surface area contributed by atoms with Crippen molar-refractivity contribution in [2.75, 3.05) is 6.54 Å². The first-order valence-electron chi connectivity index (χ1n) is 3.34. The highest BCUT2D eigenvalue weighted by Gasteiger charge is 2.09. The number of ketones is 1. The molecule has 0 bridgehead atoms.